The molecule has 0 bridgehead atoms. The average molecular weight is 432 g/mol. The van der Waals surface area contributed by atoms with E-state index in [2.05, 4.69) is 31.0 Å². The molecule has 1 heterocycles. The predicted molar refractivity (Wildman–Crippen MR) is 104 cm³/mol. The molecule has 8 heteroatoms. The van der Waals surface area contributed by atoms with E-state index in [1.807, 2.05) is 0 Å². The van der Waals surface area contributed by atoms with Crippen molar-refractivity contribution in [3.8, 4) is 0 Å². The molecule has 0 unspecified atom stereocenters. The molecule has 2 N–H and O–H groups in total. The lowest BCUT2D eigenvalue weighted by atomic mass is 10.2. The zero-order chi connectivity index (χ0) is 18.6. The van der Waals surface area contributed by atoms with Gasteiger partial charge in [-0.3, -0.25) is 14.5 Å². The Bertz CT molecular complexity index is 1020. The molecule has 0 fully saturated rings. The number of hydrogen-bond acceptors (Lipinski definition) is 4. The van der Waals surface area contributed by atoms with Crippen LogP contribution >= 0.6 is 15.9 Å². The van der Waals surface area contributed by atoms with E-state index in [1.54, 1.807) is 48.7 Å². The van der Waals surface area contributed by atoms with E-state index in [4.69, 9.17) is 0 Å². The number of nitrogens with zero attached hydrogens (tertiary/aromatic N) is 1. The summed E-state index contributed by atoms with van der Waals surface area (Å²) in [5.41, 5.74) is 1.19. The quantitative estimate of drug-likeness (QED) is 0.640. The highest BCUT2D eigenvalue weighted by molar-refractivity contribution is 9.10. The molecule has 0 aliphatic carbocycles. The fourth-order valence-corrected chi connectivity index (χ4v) is 3.53. The molecule has 1 aromatic heterocycles. The molecule has 6 nitrogen and oxygen atoms in total. The molecule has 0 atom stereocenters. The predicted octanol–water partition coefficient (Wildman–Crippen LogP) is 3.90. The Morgan fingerprint density at radius 1 is 0.962 bits per heavy atom. The molecule has 0 spiro atoms. The van der Waals surface area contributed by atoms with Crippen molar-refractivity contribution in [3.63, 3.8) is 0 Å². The summed E-state index contributed by atoms with van der Waals surface area (Å²) in [7, 11) is -3.82. The lowest BCUT2D eigenvalue weighted by Crippen LogP contribution is -2.16. The molecule has 3 aromatic rings. The van der Waals surface area contributed by atoms with Gasteiger partial charge in [-0.15, -0.1) is 0 Å². The maximum absolute atomic E-state index is 12.5. The van der Waals surface area contributed by atoms with E-state index in [0.717, 1.165) is 4.47 Å². The fourth-order valence-electron chi connectivity index (χ4n) is 2.18. The second-order valence-corrected chi connectivity index (χ2v) is 7.93. The number of carbonyl (C=O) groups excluding carboxylic acids is 1. The van der Waals surface area contributed by atoms with Gasteiger partial charge in [0.1, 0.15) is 0 Å². The third-order valence-corrected chi connectivity index (χ3v) is 5.33. The SMILES string of the molecule is O=C(Nc1ccc(Br)cc1)c1cccc(S(=O)(=O)Nc2cccnc2)c1. The number of anilines is 2. The third-order valence-electron chi connectivity index (χ3n) is 3.42. The van der Waals surface area contributed by atoms with Crippen LogP contribution in [0.3, 0.4) is 0 Å². The molecule has 0 saturated carbocycles. The van der Waals surface area contributed by atoms with Crippen LogP contribution in [0.15, 0.2) is 82.4 Å². The molecule has 3 rings (SSSR count). The molecule has 0 radical (unpaired) electrons. The normalized spacial score (nSPS) is 11.0. The van der Waals surface area contributed by atoms with Gasteiger partial charge in [-0.2, -0.15) is 0 Å². The summed E-state index contributed by atoms with van der Waals surface area (Å²) in [6, 6.07) is 16.1. The first-order valence-corrected chi connectivity index (χ1v) is 9.81. The van der Waals surface area contributed by atoms with Crippen LogP contribution in [-0.2, 0) is 10.0 Å². The highest BCUT2D eigenvalue weighted by Gasteiger charge is 2.16. The molecule has 0 aliphatic rings. The van der Waals surface area contributed by atoms with E-state index >= 15 is 0 Å². The van der Waals surface area contributed by atoms with Gasteiger partial charge >= 0.3 is 0 Å². The first-order valence-electron chi connectivity index (χ1n) is 7.54. The van der Waals surface area contributed by atoms with Crippen molar-refractivity contribution in [1.82, 2.24) is 4.98 Å². The van der Waals surface area contributed by atoms with Crippen LogP contribution in [0.2, 0.25) is 0 Å². The van der Waals surface area contributed by atoms with Crippen molar-refractivity contribution in [2.24, 2.45) is 0 Å². The second kappa shape index (κ2) is 7.67. The average Bonchev–Trinajstić information content (AvgIpc) is 2.64. The Morgan fingerprint density at radius 2 is 1.73 bits per heavy atom. The summed E-state index contributed by atoms with van der Waals surface area (Å²) >= 11 is 3.32. The van der Waals surface area contributed by atoms with Gasteiger partial charge in [0, 0.05) is 21.9 Å². The van der Waals surface area contributed by atoms with Crippen molar-refractivity contribution >= 4 is 43.2 Å². The van der Waals surface area contributed by atoms with Gasteiger partial charge in [0.15, 0.2) is 0 Å². The van der Waals surface area contributed by atoms with Crippen molar-refractivity contribution in [1.29, 1.82) is 0 Å². The Hall–Kier alpha value is -2.71. The van der Waals surface area contributed by atoms with Gasteiger partial charge in [-0.1, -0.05) is 22.0 Å². The number of rotatable bonds is 5. The Labute approximate surface area is 159 Å². The number of sulfonamides is 1. The van der Waals surface area contributed by atoms with Crippen molar-refractivity contribution in [2.75, 3.05) is 10.0 Å². The van der Waals surface area contributed by atoms with E-state index in [9.17, 15) is 13.2 Å². The van der Waals surface area contributed by atoms with Crippen LogP contribution in [0.1, 0.15) is 10.4 Å². The Morgan fingerprint density at radius 3 is 2.42 bits per heavy atom. The van der Waals surface area contributed by atoms with Crippen molar-refractivity contribution in [3.05, 3.63) is 83.1 Å². The number of nitrogens with one attached hydrogen (secondary N) is 2. The van der Waals surface area contributed by atoms with Gasteiger partial charge in [0.05, 0.1) is 16.8 Å². The molecule has 0 saturated heterocycles. The smallest absolute Gasteiger partial charge is 0.261 e. The maximum atomic E-state index is 12.5. The number of halogens is 1. The standard InChI is InChI=1S/C18H14BrN3O3S/c19-14-6-8-15(9-7-14)21-18(23)13-3-1-5-17(11-13)26(24,25)22-16-4-2-10-20-12-16/h1-12,22H,(H,21,23). The molecule has 2 aromatic carbocycles. The van der Waals surface area contributed by atoms with Crippen LogP contribution in [0.5, 0.6) is 0 Å². The van der Waals surface area contributed by atoms with Crippen LogP contribution in [0.4, 0.5) is 11.4 Å². The minimum Gasteiger partial charge on any atom is -0.322 e. The monoisotopic (exact) mass is 431 g/mol. The van der Waals surface area contributed by atoms with Crippen LogP contribution < -0.4 is 10.0 Å². The second-order valence-electron chi connectivity index (χ2n) is 5.34. The van der Waals surface area contributed by atoms with Crippen molar-refractivity contribution in [2.45, 2.75) is 4.90 Å². The van der Waals surface area contributed by atoms with Gasteiger partial charge in [-0.05, 0) is 54.6 Å². The summed E-state index contributed by atoms with van der Waals surface area (Å²) in [5.74, 6) is -0.397. The fraction of sp³-hybridized carbons (Fsp3) is 0. The zero-order valence-electron chi connectivity index (χ0n) is 13.4. The molecule has 26 heavy (non-hydrogen) atoms. The number of benzene rings is 2. The minimum atomic E-state index is -3.82. The van der Waals surface area contributed by atoms with Crippen LogP contribution in [0, 0.1) is 0 Å². The van der Waals surface area contributed by atoms with E-state index < -0.39 is 15.9 Å². The summed E-state index contributed by atoms with van der Waals surface area (Å²) in [6.07, 6.45) is 2.95. The molecule has 132 valence electrons. The summed E-state index contributed by atoms with van der Waals surface area (Å²) in [6.45, 7) is 0. The van der Waals surface area contributed by atoms with Gasteiger partial charge in [0.2, 0.25) is 0 Å². The van der Waals surface area contributed by atoms with Gasteiger partial charge in [0.25, 0.3) is 15.9 Å². The Kier molecular flexibility index (Phi) is 5.34. The van der Waals surface area contributed by atoms with Crippen LogP contribution in [0.25, 0.3) is 0 Å². The highest BCUT2D eigenvalue weighted by atomic mass is 79.9. The van der Waals surface area contributed by atoms with Gasteiger partial charge in [-0.25, -0.2) is 8.42 Å². The summed E-state index contributed by atoms with van der Waals surface area (Å²) in [4.78, 5) is 16.2. The van der Waals surface area contributed by atoms with E-state index in [1.165, 1.54) is 24.4 Å². The largest absolute Gasteiger partial charge is 0.322 e. The van der Waals surface area contributed by atoms with Crippen LogP contribution in [-0.4, -0.2) is 19.3 Å². The lowest BCUT2D eigenvalue weighted by molar-refractivity contribution is 0.102. The summed E-state index contributed by atoms with van der Waals surface area (Å²) < 4.78 is 28.3. The zero-order valence-corrected chi connectivity index (χ0v) is 15.8. The third kappa shape index (κ3) is 4.47. The van der Waals surface area contributed by atoms with Crippen molar-refractivity contribution < 1.29 is 13.2 Å². The molecular formula is C18H14BrN3O3S. The number of pyridine rings is 1. The number of hydrogen-bond donors (Lipinski definition) is 2. The Balaban J connectivity index is 1.81. The van der Waals surface area contributed by atoms with E-state index in [0.29, 0.717) is 11.4 Å². The molecular weight excluding hydrogens is 418 g/mol. The van der Waals surface area contributed by atoms with E-state index in [-0.39, 0.29) is 10.5 Å². The lowest BCUT2D eigenvalue weighted by Gasteiger charge is -2.09. The first-order chi connectivity index (χ1) is 12.4. The number of carbonyl (C=O) groups is 1. The number of amides is 1. The number of aromatic nitrogens is 1. The molecule has 0 aliphatic heterocycles. The topological polar surface area (TPSA) is 88.2 Å². The maximum Gasteiger partial charge on any atom is 0.261 e. The summed E-state index contributed by atoms with van der Waals surface area (Å²) in [5, 5.41) is 2.73. The first kappa shape index (κ1) is 18.1. The van der Waals surface area contributed by atoms with Gasteiger partial charge < -0.3 is 5.32 Å². The minimum absolute atomic E-state index is 0.00944. The highest BCUT2D eigenvalue weighted by Crippen LogP contribution is 2.18. The molecule has 1 amide bonds.